The molecule has 0 aliphatic heterocycles. The summed E-state index contributed by atoms with van der Waals surface area (Å²) in [6.07, 6.45) is 30.9. The second kappa shape index (κ2) is 14.0. The quantitative estimate of drug-likeness (QED) is 0.204. The summed E-state index contributed by atoms with van der Waals surface area (Å²) in [7, 11) is 0. The molecule has 1 nitrogen and oxygen atoms in total. The SMILES string of the molecule is CCCCCCC[C@H]1CC[C@H]([C@H]2CC[C@H](CCC=CC=CC#N)CC2)CC1. The van der Waals surface area contributed by atoms with Crippen LogP contribution in [0.3, 0.4) is 0 Å². The molecule has 152 valence electrons. The van der Waals surface area contributed by atoms with Crippen LogP contribution in [0.1, 0.15) is 110 Å². The summed E-state index contributed by atoms with van der Waals surface area (Å²) in [6, 6.07) is 2.03. The van der Waals surface area contributed by atoms with Crippen LogP contribution in [-0.4, -0.2) is 0 Å². The summed E-state index contributed by atoms with van der Waals surface area (Å²) in [5.74, 6) is 4.10. The Morgan fingerprint density at radius 2 is 1.33 bits per heavy atom. The van der Waals surface area contributed by atoms with E-state index >= 15 is 0 Å². The molecule has 0 aromatic rings. The molecule has 0 aromatic heterocycles. The molecule has 0 radical (unpaired) electrons. The molecule has 2 saturated carbocycles. The first-order valence-electron chi connectivity index (χ1n) is 12.0. The van der Waals surface area contributed by atoms with E-state index in [1.54, 1.807) is 6.08 Å². The van der Waals surface area contributed by atoms with Crippen LogP contribution in [0.25, 0.3) is 0 Å². The van der Waals surface area contributed by atoms with Crippen molar-refractivity contribution >= 4 is 0 Å². The van der Waals surface area contributed by atoms with Crippen molar-refractivity contribution in [3.05, 3.63) is 24.3 Å². The number of rotatable bonds is 11. The smallest absolute Gasteiger partial charge is 0.0912 e. The van der Waals surface area contributed by atoms with Gasteiger partial charge < -0.3 is 0 Å². The lowest BCUT2D eigenvalue weighted by Gasteiger charge is -2.38. The van der Waals surface area contributed by atoms with Gasteiger partial charge in [0.1, 0.15) is 0 Å². The molecule has 2 aliphatic carbocycles. The number of nitriles is 1. The third kappa shape index (κ3) is 9.14. The fraction of sp³-hybridized carbons (Fsp3) is 0.808. The van der Waals surface area contributed by atoms with E-state index in [-0.39, 0.29) is 0 Å². The van der Waals surface area contributed by atoms with Crippen molar-refractivity contribution in [2.75, 3.05) is 0 Å². The van der Waals surface area contributed by atoms with Crippen molar-refractivity contribution in [1.82, 2.24) is 0 Å². The summed E-state index contributed by atoms with van der Waals surface area (Å²) < 4.78 is 0. The Labute approximate surface area is 169 Å². The number of allylic oxidation sites excluding steroid dienone is 4. The maximum atomic E-state index is 8.47. The van der Waals surface area contributed by atoms with Gasteiger partial charge in [-0.25, -0.2) is 0 Å². The summed E-state index contributed by atoms with van der Waals surface area (Å²) in [6.45, 7) is 2.31. The number of hydrogen-bond donors (Lipinski definition) is 0. The third-order valence-corrected chi connectivity index (χ3v) is 7.32. The molecule has 0 spiro atoms. The van der Waals surface area contributed by atoms with E-state index < -0.39 is 0 Å². The van der Waals surface area contributed by atoms with Crippen molar-refractivity contribution in [3.63, 3.8) is 0 Å². The average Bonchev–Trinajstić information content (AvgIpc) is 2.71. The highest BCUT2D eigenvalue weighted by Crippen LogP contribution is 2.43. The monoisotopic (exact) mass is 369 g/mol. The first-order valence-corrected chi connectivity index (χ1v) is 12.0. The highest BCUT2D eigenvalue weighted by atomic mass is 14.4. The molecule has 0 aromatic carbocycles. The second-order valence-corrected chi connectivity index (χ2v) is 9.26. The maximum Gasteiger partial charge on any atom is 0.0912 e. The van der Waals surface area contributed by atoms with E-state index in [1.807, 2.05) is 18.2 Å². The van der Waals surface area contributed by atoms with Gasteiger partial charge >= 0.3 is 0 Å². The minimum atomic E-state index is 0.949. The lowest BCUT2D eigenvalue weighted by atomic mass is 9.68. The molecule has 27 heavy (non-hydrogen) atoms. The van der Waals surface area contributed by atoms with Gasteiger partial charge in [-0.1, -0.05) is 89.4 Å². The highest BCUT2D eigenvalue weighted by molar-refractivity contribution is 5.11. The Hall–Kier alpha value is -1.03. The Bertz CT molecular complexity index is 453. The molecule has 1 heteroatoms. The average molecular weight is 370 g/mol. The van der Waals surface area contributed by atoms with Crippen molar-refractivity contribution < 1.29 is 0 Å². The van der Waals surface area contributed by atoms with Crippen LogP contribution < -0.4 is 0 Å². The highest BCUT2D eigenvalue weighted by Gasteiger charge is 2.30. The summed E-state index contributed by atoms with van der Waals surface area (Å²) in [4.78, 5) is 0. The van der Waals surface area contributed by atoms with Gasteiger partial charge in [0, 0.05) is 6.08 Å². The molecule has 0 bridgehead atoms. The molecular formula is C26H43N. The third-order valence-electron chi connectivity index (χ3n) is 7.32. The van der Waals surface area contributed by atoms with Gasteiger partial charge in [0.2, 0.25) is 0 Å². The normalized spacial score (nSPS) is 29.3. The Morgan fingerprint density at radius 3 is 1.93 bits per heavy atom. The number of unbranched alkanes of at least 4 members (excludes halogenated alkanes) is 4. The minimum absolute atomic E-state index is 0.949. The molecule has 0 saturated heterocycles. The van der Waals surface area contributed by atoms with Crippen molar-refractivity contribution in [3.8, 4) is 6.07 Å². The molecular weight excluding hydrogens is 326 g/mol. The molecule has 2 fully saturated rings. The number of nitrogens with zero attached hydrogens (tertiary/aromatic N) is 1. The fourth-order valence-corrected chi connectivity index (χ4v) is 5.54. The lowest BCUT2D eigenvalue weighted by Crippen LogP contribution is -2.25. The van der Waals surface area contributed by atoms with Crippen LogP contribution in [0.4, 0.5) is 0 Å². The van der Waals surface area contributed by atoms with Crippen molar-refractivity contribution in [2.24, 2.45) is 23.7 Å². The molecule has 2 rings (SSSR count). The lowest BCUT2D eigenvalue weighted by molar-refractivity contribution is 0.140. The van der Waals surface area contributed by atoms with Crippen LogP contribution in [0.15, 0.2) is 24.3 Å². The summed E-state index contributed by atoms with van der Waals surface area (Å²) in [5, 5.41) is 8.47. The van der Waals surface area contributed by atoms with Crippen LogP contribution in [-0.2, 0) is 0 Å². The molecule has 2 aliphatic rings. The summed E-state index contributed by atoms with van der Waals surface area (Å²) >= 11 is 0. The van der Waals surface area contributed by atoms with Crippen molar-refractivity contribution in [1.29, 1.82) is 5.26 Å². The van der Waals surface area contributed by atoms with Gasteiger partial charge in [0.05, 0.1) is 6.07 Å². The van der Waals surface area contributed by atoms with Gasteiger partial charge in [-0.05, 0) is 62.2 Å². The number of hydrogen-bond acceptors (Lipinski definition) is 1. The van der Waals surface area contributed by atoms with Crippen LogP contribution >= 0.6 is 0 Å². The Kier molecular flexibility index (Phi) is 11.6. The zero-order valence-corrected chi connectivity index (χ0v) is 17.9. The first kappa shape index (κ1) is 22.3. The van der Waals surface area contributed by atoms with Crippen LogP contribution in [0.5, 0.6) is 0 Å². The van der Waals surface area contributed by atoms with Gasteiger partial charge in [-0.15, -0.1) is 0 Å². The standard InChI is InChI=1S/C26H43N/c1-2-3-4-6-9-12-23-14-18-25(19-15-23)26-20-16-24(17-21-26)13-10-7-5-8-11-22-27/h5,7-8,11,23-26H,2-4,6,9-10,12-21H2,1H3/t23-,24-,25-,26-. The van der Waals surface area contributed by atoms with Gasteiger partial charge in [-0.2, -0.15) is 5.26 Å². The van der Waals surface area contributed by atoms with E-state index in [4.69, 9.17) is 5.26 Å². The Morgan fingerprint density at radius 1 is 0.741 bits per heavy atom. The van der Waals surface area contributed by atoms with E-state index in [0.29, 0.717) is 0 Å². The predicted octanol–water partition coefficient (Wildman–Crippen LogP) is 8.38. The zero-order chi connectivity index (χ0) is 19.2. The van der Waals surface area contributed by atoms with Gasteiger partial charge in [-0.3, -0.25) is 0 Å². The van der Waals surface area contributed by atoms with Gasteiger partial charge in [0.15, 0.2) is 0 Å². The largest absolute Gasteiger partial charge is 0.193 e. The van der Waals surface area contributed by atoms with Crippen molar-refractivity contribution in [2.45, 2.75) is 110 Å². The van der Waals surface area contributed by atoms with E-state index in [9.17, 15) is 0 Å². The second-order valence-electron chi connectivity index (χ2n) is 9.26. The topological polar surface area (TPSA) is 23.8 Å². The fourth-order valence-electron chi connectivity index (χ4n) is 5.54. The summed E-state index contributed by atoms with van der Waals surface area (Å²) in [5.41, 5.74) is 0. The van der Waals surface area contributed by atoms with Crippen LogP contribution in [0.2, 0.25) is 0 Å². The maximum absolute atomic E-state index is 8.47. The molecule has 0 heterocycles. The molecule has 0 N–H and O–H groups in total. The van der Waals surface area contributed by atoms with Crippen LogP contribution in [0, 0.1) is 35.0 Å². The van der Waals surface area contributed by atoms with E-state index in [1.165, 1.54) is 103 Å². The minimum Gasteiger partial charge on any atom is -0.193 e. The Balaban J connectivity index is 1.53. The molecule has 0 amide bonds. The van der Waals surface area contributed by atoms with Gasteiger partial charge in [0.25, 0.3) is 0 Å². The van der Waals surface area contributed by atoms with E-state index in [2.05, 4.69) is 13.0 Å². The zero-order valence-electron chi connectivity index (χ0n) is 17.9. The molecule has 0 atom stereocenters. The molecule has 0 unspecified atom stereocenters. The first-order chi connectivity index (χ1) is 13.3. The predicted molar refractivity (Wildman–Crippen MR) is 117 cm³/mol. The van der Waals surface area contributed by atoms with E-state index in [0.717, 1.165) is 23.7 Å².